The van der Waals surface area contributed by atoms with E-state index in [1.165, 1.54) is 6.42 Å². The molecule has 1 saturated heterocycles. The molecule has 0 aliphatic carbocycles. The van der Waals surface area contributed by atoms with Crippen molar-refractivity contribution in [3.05, 3.63) is 54.2 Å². The molecule has 1 amide bonds. The highest BCUT2D eigenvalue weighted by molar-refractivity contribution is 8.00. The third kappa shape index (κ3) is 5.73. The molecule has 1 fully saturated rings. The van der Waals surface area contributed by atoms with Crippen molar-refractivity contribution in [2.24, 2.45) is 0 Å². The number of hydrogen-bond acceptors (Lipinski definition) is 4. The predicted molar refractivity (Wildman–Crippen MR) is 112 cm³/mol. The zero-order valence-corrected chi connectivity index (χ0v) is 17.2. The molecular weight excluding hydrogens is 356 g/mol. The van der Waals surface area contributed by atoms with Crippen molar-refractivity contribution < 1.29 is 9.53 Å². The van der Waals surface area contributed by atoms with Gasteiger partial charge in [-0.25, -0.2) is 4.98 Å². The molecule has 1 aliphatic rings. The van der Waals surface area contributed by atoms with E-state index in [-0.39, 0.29) is 10.7 Å². The molecule has 0 saturated carbocycles. The van der Waals surface area contributed by atoms with Crippen LogP contribution in [0.15, 0.2) is 48.7 Å². The van der Waals surface area contributed by atoms with Crippen LogP contribution < -0.4 is 4.74 Å². The van der Waals surface area contributed by atoms with E-state index >= 15 is 0 Å². The van der Waals surface area contributed by atoms with Gasteiger partial charge in [0.15, 0.2) is 0 Å². The fourth-order valence-electron chi connectivity index (χ4n) is 3.17. The van der Waals surface area contributed by atoms with E-state index in [4.69, 9.17) is 4.74 Å². The molecular formula is C22H28N2O2S. The lowest BCUT2D eigenvalue weighted by Gasteiger charge is -2.37. The quantitative estimate of drug-likeness (QED) is 0.692. The number of pyridine rings is 1. The van der Waals surface area contributed by atoms with Crippen molar-refractivity contribution in [3.8, 4) is 11.6 Å². The summed E-state index contributed by atoms with van der Waals surface area (Å²) in [6, 6.07) is 13.2. The van der Waals surface area contributed by atoms with Crippen LogP contribution in [0.1, 0.15) is 50.4 Å². The summed E-state index contributed by atoms with van der Waals surface area (Å²) in [5, 5.41) is 0. The van der Waals surface area contributed by atoms with Crippen LogP contribution in [0.5, 0.6) is 11.6 Å². The van der Waals surface area contributed by atoms with Gasteiger partial charge in [-0.15, -0.1) is 0 Å². The van der Waals surface area contributed by atoms with Gasteiger partial charge in [0.2, 0.25) is 5.88 Å². The number of nitrogens with zero attached hydrogens (tertiary/aromatic N) is 2. The summed E-state index contributed by atoms with van der Waals surface area (Å²) >= 11 is 1.93. The van der Waals surface area contributed by atoms with Gasteiger partial charge in [-0.1, -0.05) is 32.9 Å². The number of rotatable bonds is 5. The molecule has 0 radical (unpaired) electrons. The monoisotopic (exact) mass is 384 g/mol. The van der Waals surface area contributed by atoms with Gasteiger partial charge in [0, 0.05) is 40.9 Å². The lowest BCUT2D eigenvalue weighted by molar-refractivity contribution is 0.0640. The molecule has 1 aromatic heterocycles. The first kappa shape index (κ1) is 19.7. The van der Waals surface area contributed by atoms with Gasteiger partial charge < -0.3 is 9.64 Å². The molecule has 1 aromatic carbocycles. The summed E-state index contributed by atoms with van der Waals surface area (Å²) in [6.07, 6.45) is 5.04. The summed E-state index contributed by atoms with van der Waals surface area (Å²) in [5.41, 5.74) is 0.677. The lowest BCUT2D eigenvalue weighted by Crippen LogP contribution is -2.45. The topological polar surface area (TPSA) is 42.4 Å². The SMILES string of the molecule is CC(C)(C)SC[C@@H]1CCCCN1C(=O)c1cccc(Oc2ccccn2)c1. The molecule has 0 unspecified atom stereocenters. The number of carbonyl (C=O) groups is 1. The standard InChI is InChI=1S/C22H28N2O2S/c1-22(2,3)27-16-18-10-5-7-14-24(18)21(25)17-9-8-11-19(15-17)26-20-12-4-6-13-23-20/h4,6,8-9,11-13,15,18H,5,7,10,14,16H2,1-3H3/t18-/m0/s1. The van der Waals surface area contributed by atoms with Crippen molar-refractivity contribution in [2.45, 2.75) is 50.8 Å². The molecule has 144 valence electrons. The fraction of sp³-hybridized carbons (Fsp3) is 0.455. The molecule has 4 nitrogen and oxygen atoms in total. The minimum absolute atomic E-state index is 0.0979. The lowest BCUT2D eigenvalue weighted by atomic mass is 10.0. The maximum absolute atomic E-state index is 13.2. The number of hydrogen-bond donors (Lipinski definition) is 0. The molecule has 5 heteroatoms. The molecule has 2 aromatic rings. The maximum Gasteiger partial charge on any atom is 0.254 e. The molecule has 1 atom stereocenters. The van der Waals surface area contributed by atoms with Crippen molar-refractivity contribution in [1.82, 2.24) is 9.88 Å². The van der Waals surface area contributed by atoms with Crippen LogP contribution in [0, 0.1) is 0 Å². The maximum atomic E-state index is 13.2. The zero-order valence-electron chi connectivity index (χ0n) is 16.4. The van der Waals surface area contributed by atoms with E-state index < -0.39 is 0 Å². The van der Waals surface area contributed by atoms with Gasteiger partial charge in [0.05, 0.1) is 0 Å². The Morgan fingerprint density at radius 2 is 2.07 bits per heavy atom. The Morgan fingerprint density at radius 3 is 2.81 bits per heavy atom. The summed E-state index contributed by atoms with van der Waals surface area (Å²) in [6.45, 7) is 7.51. The van der Waals surface area contributed by atoms with Gasteiger partial charge in [-0.3, -0.25) is 4.79 Å². The number of thioether (sulfide) groups is 1. The van der Waals surface area contributed by atoms with Crippen molar-refractivity contribution in [2.75, 3.05) is 12.3 Å². The summed E-state index contributed by atoms with van der Waals surface area (Å²) in [5.74, 6) is 2.25. The number of carbonyl (C=O) groups excluding carboxylic acids is 1. The van der Waals surface area contributed by atoms with Crippen LogP contribution in [-0.2, 0) is 0 Å². The molecule has 0 spiro atoms. The predicted octanol–water partition coefficient (Wildman–Crippen LogP) is 5.40. The molecule has 0 N–H and O–H groups in total. The third-order valence-corrected chi connectivity index (χ3v) is 5.96. The highest BCUT2D eigenvalue weighted by Gasteiger charge is 2.29. The fourth-order valence-corrected chi connectivity index (χ4v) is 4.21. The largest absolute Gasteiger partial charge is 0.439 e. The molecule has 0 bridgehead atoms. The average Bonchev–Trinajstić information content (AvgIpc) is 2.66. The van der Waals surface area contributed by atoms with E-state index in [9.17, 15) is 4.79 Å². The highest BCUT2D eigenvalue weighted by atomic mass is 32.2. The van der Waals surface area contributed by atoms with Crippen molar-refractivity contribution in [1.29, 1.82) is 0 Å². The molecule has 3 rings (SSSR count). The van der Waals surface area contributed by atoms with E-state index in [1.54, 1.807) is 12.3 Å². The van der Waals surface area contributed by atoms with E-state index in [0.717, 1.165) is 25.1 Å². The van der Waals surface area contributed by atoms with Crippen LogP contribution >= 0.6 is 11.8 Å². The minimum Gasteiger partial charge on any atom is -0.439 e. The van der Waals surface area contributed by atoms with Crippen LogP contribution in [0.4, 0.5) is 0 Å². The van der Waals surface area contributed by atoms with Gasteiger partial charge in [0.1, 0.15) is 5.75 Å². The Hall–Kier alpha value is -2.01. The Balaban J connectivity index is 1.72. The number of piperidine rings is 1. The second-order valence-corrected chi connectivity index (χ2v) is 9.72. The van der Waals surface area contributed by atoms with Crippen LogP contribution in [-0.4, -0.2) is 38.9 Å². The number of benzene rings is 1. The molecule has 27 heavy (non-hydrogen) atoms. The smallest absolute Gasteiger partial charge is 0.254 e. The van der Waals surface area contributed by atoms with Crippen LogP contribution in [0.25, 0.3) is 0 Å². The van der Waals surface area contributed by atoms with Gasteiger partial charge in [-0.05, 0) is 43.5 Å². The zero-order chi connectivity index (χ0) is 19.3. The second kappa shape index (κ2) is 8.79. The molecule has 2 heterocycles. The number of likely N-dealkylation sites (tertiary alicyclic amines) is 1. The van der Waals surface area contributed by atoms with E-state index in [2.05, 4.69) is 30.7 Å². The Morgan fingerprint density at radius 1 is 1.22 bits per heavy atom. The summed E-state index contributed by atoms with van der Waals surface area (Å²) < 4.78 is 6.00. The minimum atomic E-state index is 0.0979. The van der Waals surface area contributed by atoms with Gasteiger partial charge >= 0.3 is 0 Å². The number of amides is 1. The average molecular weight is 385 g/mol. The Kier molecular flexibility index (Phi) is 6.42. The van der Waals surface area contributed by atoms with E-state index in [1.807, 2.05) is 48.2 Å². The van der Waals surface area contributed by atoms with Crippen LogP contribution in [0.3, 0.4) is 0 Å². The molecule has 1 aliphatic heterocycles. The third-order valence-electron chi connectivity index (χ3n) is 4.54. The summed E-state index contributed by atoms with van der Waals surface area (Å²) in [4.78, 5) is 19.4. The van der Waals surface area contributed by atoms with Crippen molar-refractivity contribution >= 4 is 17.7 Å². The first-order valence-corrected chi connectivity index (χ1v) is 10.5. The Labute approximate surface area is 166 Å². The Bertz CT molecular complexity index is 758. The second-order valence-electron chi connectivity index (χ2n) is 7.87. The number of ether oxygens (including phenoxy) is 1. The van der Waals surface area contributed by atoms with Gasteiger partial charge in [-0.2, -0.15) is 11.8 Å². The normalized spacial score (nSPS) is 17.6. The first-order chi connectivity index (χ1) is 12.9. The van der Waals surface area contributed by atoms with Crippen LogP contribution in [0.2, 0.25) is 0 Å². The summed E-state index contributed by atoms with van der Waals surface area (Å²) in [7, 11) is 0. The van der Waals surface area contributed by atoms with Gasteiger partial charge in [0.25, 0.3) is 5.91 Å². The van der Waals surface area contributed by atoms with Crippen molar-refractivity contribution in [3.63, 3.8) is 0 Å². The number of aromatic nitrogens is 1. The van der Waals surface area contributed by atoms with E-state index in [0.29, 0.717) is 23.2 Å². The highest BCUT2D eigenvalue weighted by Crippen LogP contribution is 2.30. The first-order valence-electron chi connectivity index (χ1n) is 9.56.